The molecule has 0 radical (unpaired) electrons. The fourth-order valence-corrected chi connectivity index (χ4v) is 1.21. The van der Waals surface area contributed by atoms with Crippen LogP contribution in [0, 0.1) is 0 Å². The molecular formula is C12H16ClNO. The molecule has 0 heterocycles. The highest BCUT2D eigenvalue weighted by Gasteiger charge is 1.92. The molecule has 0 amide bonds. The van der Waals surface area contributed by atoms with Gasteiger partial charge in [-0.05, 0) is 17.5 Å². The monoisotopic (exact) mass is 225 g/mol. The minimum atomic E-state index is 0.635. The Morgan fingerprint density at radius 1 is 1.33 bits per heavy atom. The van der Waals surface area contributed by atoms with Crippen LogP contribution in [-0.2, 0) is 11.4 Å². The number of halogens is 1. The Morgan fingerprint density at radius 2 is 2.07 bits per heavy atom. The lowest BCUT2D eigenvalue weighted by Crippen LogP contribution is -2.15. The number of rotatable bonds is 7. The standard InChI is InChI=1S/C12H16ClNO/c1-2-11-4-6-12(7-5-11)10-14-15-9-3-8-13/h2,4-7,14H,1,3,8-10H2. The van der Waals surface area contributed by atoms with Crippen LogP contribution in [0.1, 0.15) is 17.5 Å². The van der Waals surface area contributed by atoms with E-state index < -0.39 is 0 Å². The first-order valence-corrected chi connectivity index (χ1v) is 5.52. The van der Waals surface area contributed by atoms with E-state index >= 15 is 0 Å². The predicted octanol–water partition coefficient (Wildman–Crippen LogP) is 2.98. The molecule has 0 bridgehead atoms. The molecule has 0 spiro atoms. The van der Waals surface area contributed by atoms with Crippen LogP contribution in [0.2, 0.25) is 0 Å². The van der Waals surface area contributed by atoms with Crippen molar-refractivity contribution < 1.29 is 4.84 Å². The second-order valence-electron chi connectivity index (χ2n) is 3.16. The van der Waals surface area contributed by atoms with Gasteiger partial charge in [-0.15, -0.1) is 11.6 Å². The lowest BCUT2D eigenvalue weighted by molar-refractivity contribution is 0.0374. The molecule has 0 aliphatic carbocycles. The summed E-state index contributed by atoms with van der Waals surface area (Å²) in [6, 6.07) is 8.16. The van der Waals surface area contributed by atoms with Crippen molar-refractivity contribution in [3.63, 3.8) is 0 Å². The van der Waals surface area contributed by atoms with E-state index in [-0.39, 0.29) is 0 Å². The molecule has 0 saturated heterocycles. The highest BCUT2D eigenvalue weighted by atomic mass is 35.5. The number of hydroxylamine groups is 1. The minimum Gasteiger partial charge on any atom is -0.301 e. The Hall–Kier alpha value is -0.830. The minimum absolute atomic E-state index is 0.635. The summed E-state index contributed by atoms with van der Waals surface area (Å²) in [4.78, 5) is 5.18. The maximum absolute atomic E-state index is 5.51. The third kappa shape index (κ3) is 4.98. The molecule has 0 atom stereocenters. The van der Waals surface area contributed by atoms with Crippen molar-refractivity contribution in [2.45, 2.75) is 13.0 Å². The first-order chi connectivity index (χ1) is 7.36. The molecule has 1 rings (SSSR count). The first kappa shape index (κ1) is 12.2. The van der Waals surface area contributed by atoms with Crippen LogP contribution < -0.4 is 5.48 Å². The second-order valence-corrected chi connectivity index (χ2v) is 3.54. The normalized spacial score (nSPS) is 10.2. The van der Waals surface area contributed by atoms with E-state index in [0.29, 0.717) is 19.0 Å². The molecule has 15 heavy (non-hydrogen) atoms. The Labute approximate surface area is 95.9 Å². The third-order valence-corrected chi connectivity index (χ3v) is 2.24. The Kier molecular flexibility index (Phi) is 6.09. The van der Waals surface area contributed by atoms with E-state index in [4.69, 9.17) is 16.4 Å². The SMILES string of the molecule is C=Cc1ccc(CNOCCCCl)cc1. The van der Waals surface area contributed by atoms with Gasteiger partial charge in [-0.3, -0.25) is 0 Å². The molecule has 0 fully saturated rings. The summed E-state index contributed by atoms with van der Waals surface area (Å²) in [7, 11) is 0. The van der Waals surface area contributed by atoms with E-state index in [9.17, 15) is 0 Å². The zero-order valence-electron chi connectivity index (χ0n) is 8.71. The van der Waals surface area contributed by atoms with Crippen molar-refractivity contribution >= 4 is 17.7 Å². The van der Waals surface area contributed by atoms with Gasteiger partial charge in [0.2, 0.25) is 0 Å². The van der Waals surface area contributed by atoms with Gasteiger partial charge in [-0.1, -0.05) is 36.9 Å². The van der Waals surface area contributed by atoms with Crippen molar-refractivity contribution in [1.82, 2.24) is 5.48 Å². The van der Waals surface area contributed by atoms with Crippen molar-refractivity contribution in [2.24, 2.45) is 0 Å². The zero-order valence-corrected chi connectivity index (χ0v) is 9.46. The molecule has 1 aromatic carbocycles. The fraction of sp³-hybridized carbons (Fsp3) is 0.333. The second kappa shape index (κ2) is 7.46. The van der Waals surface area contributed by atoms with Gasteiger partial charge >= 0.3 is 0 Å². The van der Waals surface area contributed by atoms with E-state index in [0.717, 1.165) is 12.0 Å². The zero-order chi connectivity index (χ0) is 10.9. The molecule has 1 aromatic rings. The smallest absolute Gasteiger partial charge is 0.0693 e. The van der Waals surface area contributed by atoms with Crippen LogP contribution in [0.3, 0.4) is 0 Å². The van der Waals surface area contributed by atoms with Crippen LogP contribution in [0.4, 0.5) is 0 Å². The van der Waals surface area contributed by atoms with Gasteiger partial charge in [0.05, 0.1) is 6.61 Å². The van der Waals surface area contributed by atoms with Gasteiger partial charge in [0.25, 0.3) is 0 Å². The summed E-state index contributed by atoms with van der Waals surface area (Å²) in [5.74, 6) is 0.635. The fourth-order valence-electron chi connectivity index (χ4n) is 1.10. The molecule has 1 N–H and O–H groups in total. The van der Waals surface area contributed by atoms with Crippen molar-refractivity contribution in [3.05, 3.63) is 42.0 Å². The summed E-state index contributed by atoms with van der Waals surface area (Å²) in [6.07, 6.45) is 2.69. The number of alkyl halides is 1. The van der Waals surface area contributed by atoms with Crippen LogP contribution in [0.15, 0.2) is 30.8 Å². The summed E-state index contributed by atoms with van der Waals surface area (Å²) >= 11 is 5.51. The molecular weight excluding hydrogens is 210 g/mol. The number of hydrogen-bond acceptors (Lipinski definition) is 2. The number of benzene rings is 1. The van der Waals surface area contributed by atoms with E-state index in [2.05, 4.69) is 24.2 Å². The Balaban J connectivity index is 2.22. The quantitative estimate of drug-likeness (QED) is 0.438. The third-order valence-electron chi connectivity index (χ3n) is 1.97. The Morgan fingerprint density at radius 3 is 2.67 bits per heavy atom. The van der Waals surface area contributed by atoms with E-state index in [1.54, 1.807) is 0 Å². The summed E-state index contributed by atoms with van der Waals surface area (Å²) < 4.78 is 0. The van der Waals surface area contributed by atoms with Crippen LogP contribution in [-0.4, -0.2) is 12.5 Å². The first-order valence-electron chi connectivity index (χ1n) is 4.99. The lowest BCUT2D eigenvalue weighted by atomic mass is 10.1. The molecule has 0 aliphatic rings. The van der Waals surface area contributed by atoms with Gasteiger partial charge in [-0.2, -0.15) is 5.48 Å². The van der Waals surface area contributed by atoms with Crippen molar-refractivity contribution in [3.8, 4) is 0 Å². The van der Waals surface area contributed by atoms with Gasteiger partial charge < -0.3 is 4.84 Å². The summed E-state index contributed by atoms with van der Waals surface area (Å²) in [5.41, 5.74) is 5.20. The Bertz CT molecular complexity index is 284. The maximum Gasteiger partial charge on any atom is 0.0693 e. The molecule has 0 unspecified atom stereocenters. The van der Waals surface area contributed by atoms with Gasteiger partial charge in [0.1, 0.15) is 0 Å². The predicted molar refractivity (Wildman–Crippen MR) is 64.7 cm³/mol. The van der Waals surface area contributed by atoms with Crippen LogP contribution in [0.5, 0.6) is 0 Å². The number of nitrogens with one attached hydrogen (secondary N) is 1. The maximum atomic E-state index is 5.51. The molecule has 0 saturated carbocycles. The molecule has 82 valence electrons. The average Bonchev–Trinajstić information content (AvgIpc) is 2.30. The van der Waals surface area contributed by atoms with Gasteiger partial charge in [-0.25, -0.2) is 0 Å². The largest absolute Gasteiger partial charge is 0.301 e. The van der Waals surface area contributed by atoms with Crippen molar-refractivity contribution in [2.75, 3.05) is 12.5 Å². The van der Waals surface area contributed by atoms with Crippen LogP contribution in [0.25, 0.3) is 6.08 Å². The van der Waals surface area contributed by atoms with Crippen molar-refractivity contribution in [1.29, 1.82) is 0 Å². The molecule has 2 nitrogen and oxygen atoms in total. The topological polar surface area (TPSA) is 21.3 Å². The van der Waals surface area contributed by atoms with Crippen LogP contribution >= 0.6 is 11.6 Å². The highest BCUT2D eigenvalue weighted by molar-refractivity contribution is 6.17. The van der Waals surface area contributed by atoms with Gasteiger partial charge in [0, 0.05) is 12.4 Å². The van der Waals surface area contributed by atoms with Gasteiger partial charge in [0.15, 0.2) is 0 Å². The van der Waals surface area contributed by atoms with E-state index in [1.165, 1.54) is 5.56 Å². The molecule has 3 heteroatoms. The highest BCUT2D eigenvalue weighted by Crippen LogP contribution is 2.04. The van der Waals surface area contributed by atoms with E-state index in [1.807, 2.05) is 18.2 Å². The average molecular weight is 226 g/mol. The lowest BCUT2D eigenvalue weighted by Gasteiger charge is -2.05. The molecule has 0 aliphatic heterocycles. The molecule has 0 aromatic heterocycles. The summed E-state index contributed by atoms with van der Waals surface area (Å²) in [6.45, 7) is 5.06. The summed E-state index contributed by atoms with van der Waals surface area (Å²) in [5, 5.41) is 0. The number of hydrogen-bond donors (Lipinski definition) is 1.